The van der Waals surface area contributed by atoms with Crippen LogP contribution in [0.5, 0.6) is 0 Å². The molecule has 0 saturated carbocycles. The van der Waals surface area contributed by atoms with Crippen molar-refractivity contribution >= 4 is 0 Å². The van der Waals surface area contributed by atoms with Crippen molar-refractivity contribution in [2.75, 3.05) is 6.54 Å². The molecule has 1 aromatic rings. The number of rotatable bonds is 4. The highest BCUT2D eigenvalue weighted by Crippen LogP contribution is 2.03. The van der Waals surface area contributed by atoms with Crippen LogP contribution in [-0.4, -0.2) is 16.7 Å². The summed E-state index contributed by atoms with van der Waals surface area (Å²) in [6, 6.07) is 0. The van der Waals surface area contributed by atoms with E-state index >= 15 is 0 Å². The number of H-pyrrole nitrogens is 1. The van der Waals surface area contributed by atoms with Crippen LogP contribution in [0.25, 0.3) is 0 Å². The van der Waals surface area contributed by atoms with Crippen LogP contribution in [0.4, 0.5) is 0 Å². The van der Waals surface area contributed by atoms with Crippen LogP contribution in [0.1, 0.15) is 25.1 Å². The lowest BCUT2D eigenvalue weighted by atomic mass is 10.2. The van der Waals surface area contributed by atoms with Gasteiger partial charge in [0.2, 0.25) is 0 Å². The Morgan fingerprint density at radius 3 is 3.00 bits per heavy atom. The Balaban J connectivity index is 2.54. The summed E-state index contributed by atoms with van der Waals surface area (Å²) in [5, 5.41) is 10.2. The van der Waals surface area contributed by atoms with E-state index in [1.54, 1.807) is 0 Å². The molecular weight excluding hydrogens is 138 g/mol. The molecule has 11 heavy (non-hydrogen) atoms. The number of hydrogen-bond acceptors (Lipinski definition) is 2. The predicted octanol–water partition coefficient (Wildman–Crippen LogP) is 1.08. The molecule has 3 nitrogen and oxygen atoms in total. The topological polar surface area (TPSA) is 40.7 Å². The van der Waals surface area contributed by atoms with E-state index in [2.05, 4.69) is 29.4 Å². The minimum Gasteiger partial charge on any atom is -0.313 e. The monoisotopic (exact) mass is 153 g/mol. The van der Waals surface area contributed by atoms with E-state index in [0.717, 1.165) is 19.5 Å². The van der Waals surface area contributed by atoms with Crippen LogP contribution in [-0.2, 0) is 13.0 Å². The molecule has 0 aliphatic heterocycles. The fraction of sp³-hybridized carbons (Fsp3) is 0.625. The maximum atomic E-state index is 3.98. The largest absolute Gasteiger partial charge is 0.313 e. The first-order valence-corrected chi connectivity index (χ1v) is 4.10. The molecule has 0 bridgehead atoms. The summed E-state index contributed by atoms with van der Waals surface area (Å²) in [7, 11) is 0. The zero-order chi connectivity index (χ0) is 8.10. The van der Waals surface area contributed by atoms with Crippen molar-refractivity contribution in [3.8, 4) is 0 Å². The third-order valence-electron chi connectivity index (χ3n) is 1.73. The third kappa shape index (κ3) is 2.05. The average molecular weight is 153 g/mol. The van der Waals surface area contributed by atoms with Gasteiger partial charge in [-0.25, -0.2) is 0 Å². The van der Waals surface area contributed by atoms with E-state index in [1.807, 2.05) is 6.20 Å². The number of nitrogens with zero attached hydrogens (tertiary/aromatic N) is 1. The number of aromatic amines is 1. The van der Waals surface area contributed by atoms with Crippen LogP contribution < -0.4 is 5.32 Å². The summed E-state index contributed by atoms with van der Waals surface area (Å²) in [6.07, 6.45) is 2.92. The van der Waals surface area contributed by atoms with Gasteiger partial charge >= 0.3 is 0 Å². The fourth-order valence-electron chi connectivity index (χ4n) is 1.06. The highest BCUT2D eigenvalue weighted by Gasteiger charge is 2.00. The molecule has 0 aliphatic rings. The van der Waals surface area contributed by atoms with Gasteiger partial charge in [-0.05, 0) is 13.0 Å². The lowest BCUT2D eigenvalue weighted by molar-refractivity contribution is 0.720. The van der Waals surface area contributed by atoms with Gasteiger partial charge in [-0.2, -0.15) is 5.10 Å². The molecule has 0 aliphatic carbocycles. The second-order valence-corrected chi connectivity index (χ2v) is 2.51. The quantitative estimate of drug-likeness (QED) is 0.679. The minimum absolute atomic E-state index is 0.927. The first-order chi connectivity index (χ1) is 5.38. The summed E-state index contributed by atoms with van der Waals surface area (Å²) in [5.74, 6) is 0. The minimum atomic E-state index is 0.927. The highest BCUT2D eigenvalue weighted by molar-refractivity contribution is 5.15. The molecular formula is C8H15N3. The van der Waals surface area contributed by atoms with Crippen LogP contribution in [0, 0.1) is 0 Å². The van der Waals surface area contributed by atoms with Crippen molar-refractivity contribution in [1.29, 1.82) is 0 Å². The molecule has 62 valence electrons. The molecule has 0 amide bonds. The Morgan fingerprint density at radius 2 is 2.36 bits per heavy atom. The van der Waals surface area contributed by atoms with E-state index in [1.165, 1.54) is 11.3 Å². The maximum absolute atomic E-state index is 3.98. The Labute approximate surface area is 67.2 Å². The van der Waals surface area contributed by atoms with Crippen molar-refractivity contribution in [2.45, 2.75) is 26.8 Å². The smallest absolute Gasteiger partial charge is 0.0535 e. The van der Waals surface area contributed by atoms with Gasteiger partial charge in [0, 0.05) is 17.8 Å². The van der Waals surface area contributed by atoms with Crippen molar-refractivity contribution in [2.24, 2.45) is 0 Å². The Kier molecular flexibility index (Phi) is 3.11. The Bertz CT molecular complexity index is 205. The second-order valence-electron chi connectivity index (χ2n) is 2.51. The van der Waals surface area contributed by atoms with Crippen molar-refractivity contribution < 1.29 is 0 Å². The van der Waals surface area contributed by atoms with Gasteiger partial charge < -0.3 is 5.32 Å². The molecule has 0 radical (unpaired) electrons. The Hall–Kier alpha value is -0.830. The molecule has 3 heteroatoms. The number of aryl methyl sites for hydroxylation is 1. The van der Waals surface area contributed by atoms with Gasteiger partial charge in [-0.1, -0.05) is 13.8 Å². The summed E-state index contributed by atoms with van der Waals surface area (Å²) >= 11 is 0. The van der Waals surface area contributed by atoms with Gasteiger partial charge in [0.25, 0.3) is 0 Å². The SMILES string of the molecule is CCNCc1cn[nH]c1CC. The molecule has 1 rings (SSSR count). The molecule has 2 N–H and O–H groups in total. The highest BCUT2D eigenvalue weighted by atomic mass is 15.1. The standard InChI is InChI=1S/C8H15N3/c1-3-8-7(5-9-4-2)6-10-11-8/h6,9H,3-5H2,1-2H3,(H,10,11). The normalized spacial score (nSPS) is 10.4. The van der Waals surface area contributed by atoms with Gasteiger partial charge in [-0.3, -0.25) is 5.10 Å². The van der Waals surface area contributed by atoms with Gasteiger partial charge in [-0.15, -0.1) is 0 Å². The average Bonchev–Trinajstić information content (AvgIpc) is 2.47. The number of nitrogens with one attached hydrogen (secondary N) is 2. The fourth-order valence-corrected chi connectivity index (χ4v) is 1.06. The first-order valence-electron chi connectivity index (χ1n) is 4.10. The molecule has 0 atom stereocenters. The van der Waals surface area contributed by atoms with E-state index in [9.17, 15) is 0 Å². The lowest BCUT2D eigenvalue weighted by Gasteiger charge is -1.99. The molecule has 0 saturated heterocycles. The molecule has 0 aromatic carbocycles. The number of aromatic nitrogens is 2. The molecule has 0 unspecified atom stereocenters. The summed E-state index contributed by atoms with van der Waals surface area (Å²) in [6.45, 7) is 6.17. The first kappa shape index (κ1) is 8.27. The van der Waals surface area contributed by atoms with E-state index in [0.29, 0.717) is 0 Å². The zero-order valence-corrected chi connectivity index (χ0v) is 7.15. The van der Waals surface area contributed by atoms with E-state index in [4.69, 9.17) is 0 Å². The zero-order valence-electron chi connectivity index (χ0n) is 7.15. The molecule has 0 fully saturated rings. The lowest BCUT2D eigenvalue weighted by Crippen LogP contribution is -2.12. The van der Waals surface area contributed by atoms with Crippen LogP contribution in [0.2, 0.25) is 0 Å². The molecule has 0 spiro atoms. The van der Waals surface area contributed by atoms with Crippen molar-refractivity contribution in [3.63, 3.8) is 0 Å². The van der Waals surface area contributed by atoms with Gasteiger partial charge in [0.15, 0.2) is 0 Å². The van der Waals surface area contributed by atoms with E-state index in [-0.39, 0.29) is 0 Å². The summed E-state index contributed by atoms with van der Waals surface area (Å²) in [4.78, 5) is 0. The molecule has 1 heterocycles. The van der Waals surface area contributed by atoms with Crippen LogP contribution in [0.15, 0.2) is 6.20 Å². The van der Waals surface area contributed by atoms with Crippen molar-refractivity contribution in [3.05, 3.63) is 17.5 Å². The van der Waals surface area contributed by atoms with Crippen LogP contribution >= 0.6 is 0 Å². The Morgan fingerprint density at radius 1 is 1.55 bits per heavy atom. The third-order valence-corrected chi connectivity index (χ3v) is 1.73. The summed E-state index contributed by atoms with van der Waals surface area (Å²) in [5.41, 5.74) is 2.53. The van der Waals surface area contributed by atoms with Gasteiger partial charge in [0.1, 0.15) is 0 Å². The number of hydrogen-bond donors (Lipinski definition) is 2. The summed E-state index contributed by atoms with van der Waals surface area (Å²) < 4.78 is 0. The molecule has 1 aromatic heterocycles. The van der Waals surface area contributed by atoms with Crippen LogP contribution in [0.3, 0.4) is 0 Å². The van der Waals surface area contributed by atoms with Crippen molar-refractivity contribution in [1.82, 2.24) is 15.5 Å². The predicted molar refractivity (Wildman–Crippen MR) is 45.3 cm³/mol. The van der Waals surface area contributed by atoms with Gasteiger partial charge in [0.05, 0.1) is 6.20 Å². The second kappa shape index (κ2) is 4.13. The van der Waals surface area contributed by atoms with E-state index < -0.39 is 0 Å². The maximum Gasteiger partial charge on any atom is 0.0535 e.